The SMILES string of the molecule is CCC(C)(CN1C(=O)C(C)C(C)C1=O)C(=O)O. The standard InChI is InChI=1S/C12H19NO4/c1-5-12(4,11(16)17)6-13-9(14)7(2)8(3)10(13)15/h7-8H,5-6H2,1-4H3,(H,16,17). The molecule has 0 radical (unpaired) electrons. The van der Waals surface area contributed by atoms with E-state index in [0.717, 1.165) is 4.90 Å². The van der Waals surface area contributed by atoms with Gasteiger partial charge in [-0.15, -0.1) is 0 Å². The molecule has 17 heavy (non-hydrogen) atoms. The summed E-state index contributed by atoms with van der Waals surface area (Å²) in [6, 6.07) is 0. The number of carboxylic acids is 1. The maximum Gasteiger partial charge on any atom is 0.311 e. The van der Waals surface area contributed by atoms with Crippen LogP contribution in [0.2, 0.25) is 0 Å². The van der Waals surface area contributed by atoms with Gasteiger partial charge in [0.05, 0.1) is 5.41 Å². The molecule has 1 fully saturated rings. The Balaban J connectivity index is 2.92. The van der Waals surface area contributed by atoms with Crippen LogP contribution in [0.4, 0.5) is 0 Å². The summed E-state index contributed by atoms with van der Waals surface area (Å²) in [5.41, 5.74) is -1.06. The van der Waals surface area contributed by atoms with Crippen molar-refractivity contribution in [1.82, 2.24) is 4.90 Å². The highest BCUT2D eigenvalue weighted by Crippen LogP contribution is 2.30. The first-order valence-electron chi connectivity index (χ1n) is 5.83. The first kappa shape index (κ1) is 13.7. The van der Waals surface area contributed by atoms with Crippen LogP contribution < -0.4 is 0 Å². The molecule has 3 unspecified atom stereocenters. The van der Waals surface area contributed by atoms with Gasteiger partial charge >= 0.3 is 5.97 Å². The molecule has 2 amide bonds. The summed E-state index contributed by atoms with van der Waals surface area (Å²) in [7, 11) is 0. The van der Waals surface area contributed by atoms with E-state index in [9.17, 15) is 14.4 Å². The number of likely N-dealkylation sites (tertiary alicyclic amines) is 1. The van der Waals surface area contributed by atoms with Gasteiger partial charge in [0.25, 0.3) is 0 Å². The van der Waals surface area contributed by atoms with E-state index in [1.807, 2.05) is 0 Å². The molecule has 0 spiro atoms. The van der Waals surface area contributed by atoms with Gasteiger partial charge in [0.2, 0.25) is 11.8 Å². The molecule has 1 rings (SSSR count). The molecule has 0 aromatic rings. The zero-order chi connectivity index (χ0) is 13.4. The molecule has 5 heteroatoms. The molecule has 0 saturated carbocycles. The number of carbonyl (C=O) groups excluding carboxylic acids is 2. The fourth-order valence-electron chi connectivity index (χ4n) is 1.86. The first-order valence-corrected chi connectivity index (χ1v) is 5.83. The Bertz CT molecular complexity index is 346. The van der Waals surface area contributed by atoms with Gasteiger partial charge in [-0.2, -0.15) is 0 Å². The molecule has 3 atom stereocenters. The van der Waals surface area contributed by atoms with Crippen molar-refractivity contribution in [2.75, 3.05) is 6.54 Å². The number of amides is 2. The zero-order valence-electron chi connectivity index (χ0n) is 10.7. The maximum atomic E-state index is 11.9. The summed E-state index contributed by atoms with van der Waals surface area (Å²) in [4.78, 5) is 36.0. The number of aliphatic carboxylic acids is 1. The highest BCUT2D eigenvalue weighted by molar-refractivity contribution is 6.05. The molecular weight excluding hydrogens is 222 g/mol. The summed E-state index contributed by atoms with van der Waals surface area (Å²) < 4.78 is 0. The van der Waals surface area contributed by atoms with Crippen molar-refractivity contribution in [2.45, 2.75) is 34.1 Å². The summed E-state index contributed by atoms with van der Waals surface area (Å²) in [5.74, 6) is -2.20. The molecule has 5 nitrogen and oxygen atoms in total. The van der Waals surface area contributed by atoms with E-state index in [1.54, 1.807) is 27.7 Å². The third kappa shape index (κ3) is 2.18. The van der Waals surface area contributed by atoms with E-state index in [4.69, 9.17) is 5.11 Å². The Labute approximate surface area is 101 Å². The molecule has 1 aliphatic rings. The molecule has 1 saturated heterocycles. The van der Waals surface area contributed by atoms with Crippen LogP contribution in [0.1, 0.15) is 34.1 Å². The van der Waals surface area contributed by atoms with Crippen molar-refractivity contribution >= 4 is 17.8 Å². The van der Waals surface area contributed by atoms with Gasteiger partial charge in [0.15, 0.2) is 0 Å². The molecule has 0 aromatic heterocycles. The minimum atomic E-state index is -1.06. The number of hydrogen-bond donors (Lipinski definition) is 1. The highest BCUT2D eigenvalue weighted by atomic mass is 16.4. The van der Waals surface area contributed by atoms with Gasteiger partial charge < -0.3 is 5.11 Å². The average molecular weight is 241 g/mol. The van der Waals surface area contributed by atoms with Gasteiger partial charge in [-0.3, -0.25) is 19.3 Å². The molecule has 0 aliphatic carbocycles. The summed E-state index contributed by atoms with van der Waals surface area (Å²) in [6.45, 7) is 6.67. The molecular formula is C12H19NO4. The summed E-state index contributed by atoms with van der Waals surface area (Å²) in [6.07, 6.45) is 0.377. The Morgan fingerprint density at radius 3 is 2.00 bits per heavy atom. The monoisotopic (exact) mass is 241 g/mol. The maximum absolute atomic E-state index is 11.9. The second-order valence-corrected chi connectivity index (χ2v) is 5.06. The smallest absolute Gasteiger partial charge is 0.311 e. The molecule has 0 bridgehead atoms. The van der Waals surface area contributed by atoms with E-state index in [2.05, 4.69) is 0 Å². The number of nitrogens with zero attached hydrogens (tertiary/aromatic N) is 1. The number of carboxylic acid groups (broad SMARTS) is 1. The van der Waals surface area contributed by atoms with Crippen LogP contribution in [0.15, 0.2) is 0 Å². The van der Waals surface area contributed by atoms with Crippen molar-refractivity contribution in [3.63, 3.8) is 0 Å². The van der Waals surface area contributed by atoms with Crippen LogP contribution in [0.5, 0.6) is 0 Å². The van der Waals surface area contributed by atoms with Gasteiger partial charge in [-0.1, -0.05) is 20.8 Å². The zero-order valence-corrected chi connectivity index (χ0v) is 10.7. The van der Waals surface area contributed by atoms with E-state index in [1.165, 1.54) is 0 Å². The van der Waals surface area contributed by atoms with Gasteiger partial charge in [-0.05, 0) is 13.3 Å². The molecule has 1 N–H and O–H groups in total. The Hall–Kier alpha value is -1.39. The number of rotatable bonds is 4. The Morgan fingerprint density at radius 1 is 1.29 bits per heavy atom. The lowest BCUT2D eigenvalue weighted by molar-refractivity contribution is -0.152. The largest absolute Gasteiger partial charge is 0.481 e. The van der Waals surface area contributed by atoms with Crippen molar-refractivity contribution in [1.29, 1.82) is 0 Å². The summed E-state index contributed by atoms with van der Waals surface area (Å²) >= 11 is 0. The second kappa shape index (κ2) is 4.47. The Kier molecular flexibility index (Phi) is 3.59. The molecule has 96 valence electrons. The fourth-order valence-corrected chi connectivity index (χ4v) is 1.86. The Morgan fingerprint density at radius 2 is 1.71 bits per heavy atom. The van der Waals surface area contributed by atoms with E-state index in [0.29, 0.717) is 6.42 Å². The van der Waals surface area contributed by atoms with Crippen LogP contribution in [-0.2, 0) is 14.4 Å². The summed E-state index contributed by atoms with van der Waals surface area (Å²) in [5, 5.41) is 9.15. The number of carbonyl (C=O) groups is 3. The van der Waals surface area contributed by atoms with E-state index >= 15 is 0 Å². The van der Waals surface area contributed by atoms with Crippen LogP contribution in [0.25, 0.3) is 0 Å². The topological polar surface area (TPSA) is 74.7 Å². The van der Waals surface area contributed by atoms with Crippen molar-refractivity contribution in [2.24, 2.45) is 17.3 Å². The minimum absolute atomic E-state index is 0.0365. The average Bonchev–Trinajstić information content (AvgIpc) is 2.46. The van der Waals surface area contributed by atoms with E-state index in [-0.39, 0.29) is 30.2 Å². The lowest BCUT2D eigenvalue weighted by atomic mass is 9.87. The van der Waals surface area contributed by atoms with Crippen LogP contribution in [0.3, 0.4) is 0 Å². The van der Waals surface area contributed by atoms with Crippen molar-refractivity contribution in [3.05, 3.63) is 0 Å². The number of imide groups is 1. The second-order valence-electron chi connectivity index (χ2n) is 5.06. The third-order valence-electron chi connectivity index (χ3n) is 3.86. The van der Waals surface area contributed by atoms with Gasteiger partial charge in [-0.25, -0.2) is 0 Å². The number of hydrogen-bond acceptors (Lipinski definition) is 3. The lowest BCUT2D eigenvalue weighted by Gasteiger charge is -2.27. The quantitative estimate of drug-likeness (QED) is 0.749. The van der Waals surface area contributed by atoms with Crippen LogP contribution in [-0.4, -0.2) is 34.3 Å². The minimum Gasteiger partial charge on any atom is -0.481 e. The third-order valence-corrected chi connectivity index (χ3v) is 3.86. The predicted molar refractivity (Wildman–Crippen MR) is 61.1 cm³/mol. The fraction of sp³-hybridized carbons (Fsp3) is 0.750. The van der Waals surface area contributed by atoms with Crippen molar-refractivity contribution in [3.8, 4) is 0 Å². The van der Waals surface area contributed by atoms with Crippen LogP contribution in [0, 0.1) is 17.3 Å². The van der Waals surface area contributed by atoms with E-state index < -0.39 is 11.4 Å². The molecule has 1 aliphatic heterocycles. The predicted octanol–water partition coefficient (Wildman–Crippen LogP) is 1.13. The molecule has 0 aromatic carbocycles. The van der Waals surface area contributed by atoms with Gasteiger partial charge in [0, 0.05) is 18.4 Å². The highest BCUT2D eigenvalue weighted by Gasteiger charge is 2.46. The molecule has 1 heterocycles. The van der Waals surface area contributed by atoms with Crippen molar-refractivity contribution < 1.29 is 19.5 Å². The van der Waals surface area contributed by atoms with Gasteiger partial charge in [0.1, 0.15) is 0 Å². The first-order chi connectivity index (χ1) is 7.74. The normalized spacial score (nSPS) is 28.4. The lowest BCUT2D eigenvalue weighted by Crippen LogP contribution is -2.44. The van der Waals surface area contributed by atoms with Crippen LogP contribution >= 0.6 is 0 Å².